The van der Waals surface area contributed by atoms with Crippen molar-refractivity contribution in [3.05, 3.63) is 0 Å². The fourth-order valence-electron chi connectivity index (χ4n) is 1.75. The number of carbonyl (C=O) groups is 1. The largest absolute Gasteiger partial charge is 0.469 e. The van der Waals surface area contributed by atoms with E-state index in [-0.39, 0.29) is 13.1 Å². The summed E-state index contributed by atoms with van der Waals surface area (Å²) in [6.07, 6.45) is -4.37. The molecule has 0 radical (unpaired) electrons. The Labute approximate surface area is 79.6 Å². The van der Waals surface area contributed by atoms with Crippen molar-refractivity contribution >= 4 is 5.97 Å². The Bertz CT molecular complexity index is 241. The summed E-state index contributed by atoms with van der Waals surface area (Å²) in [6, 6.07) is 0. The van der Waals surface area contributed by atoms with Crippen molar-refractivity contribution in [2.24, 2.45) is 11.3 Å². The lowest BCUT2D eigenvalue weighted by Gasteiger charge is -2.28. The minimum atomic E-state index is -4.37. The lowest BCUT2D eigenvalue weighted by atomic mass is 9.79. The third-order valence-electron chi connectivity index (χ3n) is 2.66. The Morgan fingerprint density at radius 2 is 2.14 bits per heavy atom. The average Bonchev–Trinajstić information content (AvgIpc) is 2.46. The van der Waals surface area contributed by atoms with Crippen molar-refractivity contribution in [3.8, 4) is 0 Å². The molecule has 82 valence electrons. The molecule has 2 atom stereocenters. The number of methoxy groups -OCH3 is 1. The van der Waals surface area contributed by atoms with Crippen molar-refractivity contribution < 1.29 is 22.7 Å². The summed E-state index contributed by atoms with van der Waals surface area (Å²) in [7, 11) is 1.10. The van der Waals surface area contributed by atoms with Gasteiger partial charge in [-0.3, -0.25) is 4.79 Å². The maximum absolute atomic E-state index is 12.5. The molecule has 14 heavy (non-hydrogen) atoms. The standard InChI is InChI=1S/C8H12F3NO2/c1-7(6(13)14-2)4-12-3-5(7)8(9,10)11/h5,12H,3-4H2,1-2H3. The molecule has 0 saturated carbocycles. The van der Waals surface area contributed by atoms with Crippen LogP contribution >= 0.6 is 0 Å². The maximum atomic E-state index is 12.5. The highest BCUT2D eigenvalue weighted by Gasteiger charge is 2.58. The number of hydrogen-bond acceptors (Lipinski definition) is 3. The first-order valence-electron chi connectivity index (χ1n) is 4.18. The zero-order valence-corrected chi connectivity index (χ0v) is 7.94. The third kappa shape index (κ3) is 1.70. The van der Waals surface area contributed by atoms with Crippen LogP contribution < -0.4 is 5.32 Å². The van der Waals surface area contributed by atoms with Gasteiger partial charge in [-0.1, -0.05) is 0 Å². The van der Waals surface area contributed by atoms with Crippen LogP contribution in [0.25, 0.3) is 0 Å². The molecule has 0 aromatic rings. The molecule has 1 heterocycles. The van der Waals surface area contributed by atoms with Gasteiger partial charge in [0, 0.05) is 13.1 Å². The molecule has 1 fully saturated rings. The Morgan fingerprint density at radius 3 is 2.57 bits per heavy atom. The normalized spacial score (nSPS) is 33.1. The second-order valence-corrected chi connectivity index (χ2v) is 3.63. The van der Waals surface area contributed by atoms with Crippen molar-refractivity contribution in [1.82, 2.24) is 5.32 Å². The minimum Gasteiger partial charge on any atom is -0.469 e. The summed E-state index contributed by atoms with van der Waals surface area (Å²) in [5.41, 5.74) is -1.49. The van der Waals surface area contributed by atoms with E-state index in [2.05, 4.69) is 10.1 Å². The summed E-state index contributed by atoms with van der Waals surface area (Å²) < 4.78 is 41.9. The fourth-order valence-corrected chi connectivity index (χ4v) is 1.75. The molecule has 3 nitrogen and oxygen atoms in total. The number of ether oxygens (including phenoxy) is 1. The van der Waals surface area contributed by atoms with Gasteiger partial charge in [-0.2, -0.15) is 13.2 Å². The van der Waals surface area contributed by atoms with Crippen molar-refractivity contribution in [3.63, 3.8) is 0 Å². The summed E-state index contributed by atoms with van der Waals surface area (Å²) in [6.45, 7) is 1.05. The van der Waals surface area contributed by atoms with E-state index in [4.69, 9.17) is 0 Å². The molecule has 0 bridgehead atoms. The molecule has 0 amide bonds. The number of halogens is 3. The second-order valence-electron chi connectivity index (χ2n) is 3.63. The van der Waals surface area contributed by atoms with Gasteiger partial charge in [-0.15, -0.1) is 0 Å². The van der Waals surface area contributed by atoms with Crippen LogP contribution in [0.2, 0.25) is 0 Å². The predicted molar refractivity (Wildman–Crippen MR) is 42.5 cm³/mol. The Morgan fingerprint density at radius 1 is 1.57 bits per heavy atom. The molecular weight excluding hydrogens is 199 g/mol. The van der Waals surface area contributed by atoms with Crippen LogP contribution in [0.3, 0.4) is 0 Å². The van der Waals surface area contributed by atoms with Gasteiger partial charge in [-0.25, -0.2) is 0 Å². The molecule has 0 aromatic heterocycles. The van der Waals surface area contributed by atoms with E-state index in [1.165, 1.54) is 6.92 Å². The number of carbonyl (C=O) groups excluding carboxylic acids is 1. The summed E-state index contributed by atoms with van der Waals surface area (Å²) in [4.78, 5) is 11.2. The van der Waals surface area contributed by atoms with E-state index in [9.17, 15) is 18.0 Å². The predicted octanol–water partition coefficient (Wildman–Crippen LogP) is 0.947. The monoisotopic (exact) mass is 211 g/mol. The third-order valence-corrected chi connectivity index (χ3v) is 2.66. The van der Waals surface area contributed by atoms with E-state index in [0.29, 0.717) is 0 Å². The van der Waals surface area contributed by atoms with Crippen LogP contribution in [0.5, 0.6) is 0 Å². The number of nitrogens with one attached hydrogen (secondary N) is 1. The number of esters is 1. The lowest BCUT2D eigenvalue weighted by molar-refractivity contribution is -0.202. The molecule has 2 unspecified atom stereocenters. The maximum Gasteiger partial charge on any atom is 0.394 e. The first kappa shape index (κ1) is 11.3. The van der Waals surface area contributed by atoms with Crippen LogP contribution in [0.1, 0.15) is 6.92 Å². The number of hydrogen-bond donors (Lipinski definition) is 1. The molecule has 0 aliphatic carbocycles. The topological polar surface area (TPSA) is 38.3 Å². The molecule has 1 saturated heterocycles. The smallest absolute Gasteiger partial charge is 0.394 e. The molecule has 0 spiro atoms. The SMILES string of the molecule is COC(=O)C1(C)CNCC1C(F)(F)F. The molecular formula is C8H12F3NO2. The van der Waals surface area contributed by atoms with Crippen LogP contribution in [0.15, 0.2) is 0 Å². The van der Waals surface area contributed by atoms with Crippen LogP contribution in [-0.2, 0) is 9.53 Å². The van der Waals surface area contributed by atoms with Gasteiger partial charge in [0.25, 0.3) is 0 Å². The minimum absolute atomic E-state index is 0.00382. The van der Waals surface area contributed by atoms with Crippen LogP contribution in [0.4, 0.5) is 13.2 Å². The zero-order valence-electron chi connectivity index (χ0n) is 7.94. The number of alkyl halides is 3. The summed E-state index contributed by atoms with van der Waals surface area (Å²) in [5.74, 6) is -2.48. The summed E-state index contributed by atoms with van der Waals surface area (Å²) in [5, 5.41) is 2.56. The van der Waals surface area contributed by atoms with Gasteiger partial charge in [-0.05, 0) is 6.92 Å². The molecule has 1 aliphatic rings. The first-order valence-corrected chi connectivity index (χ1v) is 4.18. The molecule has 1 aliphatic heterocycles. The van der Waals surface area contributed by atoms with Gasteiger partial charge in [0.15, 0.2) is 0 Å². The van der Waals surface area contributed by atoms with E-state index in [0.717, 1.165) is 7.11 Å². The van der Waals surface area contributed by atoms with Crippen LogP contribution in [-0.4, -0.2) is 32.3 Å². The number of rotatable bonds is 1. The van der Waals surface area contributed by atoms with E-state index >= 15 is 0 Å². The highest BCUT2D eigenvalue weighted by atomic mass is 19.4. The quantitative estimate of drug-likeness (QED) is 0.656. The van der Waals surface area contributed by atoms with E-state index < -0.39 is 23.5 Å². The highest BCUT2D eigenvalue weighted by molar-refractivity contribution is 5.77. The van der Waals surface area contributed by atoms with E-state index in [1.807, 2.05) is 0 Å². The van der Waals surface area contributed by atoms with Crippen molar-refractivity contribution in [2.45, 2.75) is 13.1 Å². The van der Waals surface area contributed by atoms with Gasteiger partial charge in [0.05, 0.1) is 18.4 Å². The molecule has 0 aromatic carbocycles. The van der Waals surface area contributed by atoms with E-state index in [1.54, 1.807) is 0 Å². The Balaban J connectivity index is 2.92. The summed E-state index contributed by atoms with van der Waals surface area (Å²) >= 11 is 0. The average molecular weight is 211 g/mol. The Kier molecular flexibility index (Phi) is 2.76. The van der Waals surface area contributed by atoms with Gasteiger partial charge < -0.3 is 10.1 Å². The highest BCUT2D eigenvalue weighted by Crippen LogP contribution is 2.42. The fraction of sp³-hybridized carbons (Fsp3) is 0.875. The van der Waals surface area contributed by atoms with Gasteiger partial charge >= 0.3 is 12.1 Å². The first-order chi connectivity index (χ1) is 6.32. The van der Waals surface area contributed by atoms with Crippen molar-refractivity contribution in [1.29, 1.82) is 0 Å². The molecule has 6 heteroatoms. The lowest BCUT2D eigenvalue weighted by Crippen LogP contribution is -2.43. The Hall–Kier alpha value is -0.780. The van der Waals surface area contributed by atoms with Gasteiger partial charge in [0.2, 0.25) is 0 Å². The second kappa shape index (κ2) is 3.42. The molecule has 1 rings (SSSR count). The van der Waals surface area contributed by atoms with Crippen molar-refractivity contribution in [2.75, 3.05) is 20.2 Å². The van der Waals surface area contributed by atoms with Crippen LogP contribution in [0, 0.1) is 11.3 Å². The van der Waals surface area contributed by atoms with Gasteiger partial charge in [0.1, 0.15) is 0 Å². The zero-order chi connectivity index (χ0) is 11.0. The molecule has 1 N–H and O–H groups in total.